The van der Waals surface area contributed by atoms with Crippen molar-refractivity contribution in [3.05, 3.63) is 12.0 Å². The first-order valence-corrected chi connectivity index (χ1v) is 7.80. The van der Waals surface area contributed by atoms with Gasteiger partial charge in [0.2, 0.25) is 5.91 Å². The number of hydrogen-bond acceptors (Lipinski definition) is 6. The zero-order valence-electron chi connectivity index (χ0n) is 13.0. The quantitative estimate of drug-likeness (QED) is 0.925. The van der Waals surface area contributed by atoms with Crippen molar-refractivity contribution in [2.75, 3.05) is 24.5 Å². The molecular weight excluding hydrogens is 282 g/mol. The number of piperidine rings is 1. The molecule has 0 aromatic carbocycles. The fraction of sp³-hybridized carbons (Fsp3) is 0.600. The fourth-order valence-corrected chi connectivity index (χ4v) is 2.92. The van der Waals surface area contributed by atoms with Crippen molar-refractivity contribution in [3.8, 4) is 0 Å². The number of fused-ring (bicyclic) bond motifs is 1. The van der Waals surface area contributed by atoms with Crippen LogP contribution in [0, 0.1) is 12.8 Å². The molecule has 0 saturated carbocycles. The lowest BCUT2D eigenvalue weighted by molar-refractivity contribution is -0.125. The van der Waals surface area contributed by atoms with Gasteiger partial charge in [0.1, 0.15) is 17.5 Å². The Morgan fingerprint density at radius 3 is 3.18 bits per heavy atom. The third-order valence-corrected chi connectivity index (χ3v) is 4.06. The molecule has 2 aromatic heterocycles. The van der Waals surface area contributed by atoms with Crippen LogP contribution in [0.15, 0.2) is 10.9 Å². The smallest absolute Gasteiger partial charge is 0.263 e. The second kappa shape index (κ2) is 6.29. The van der Waals surface area contributed by atoms with Gasteiger partial charge in [0.05, 0.1) is 11.6 Å². The van der Waals surface area contributed by atoms with Gasteiger partial charge in [-0.05, 0) is 26.2 Å². The molecule has 1 saturated heterocycles. The lowest BCUT2D eigenvalue weighted by Crippen LogP contribution is -2.43. The number of carbonyl (C=O) groups excluding carboxylic acids is 1. The van der Waals surface area contributed by atoms with Crippen LogP contribution in [0.2, 0.25) is 0 Å². The summed E-state index contributed by atoms with van der Waals surface area (Å²) < 4.78 is 5.20. The van der Waals surface area contributed by atoms with Crippen LogP contribution >= 0.6 is 0 Å². The molecule has 118 valence electrons. The van der Waals surface area contributed by atoms with Gasteiger partial charge < -0.3 is 14.7 Å². The third-order valence-electron chi connectivity index (χ3n) is 4.06. The van der Waals surface area contributed by atoms with Crippen LogP contribution in [0.4, 0.5) is 5.82 Å². The maximum atomic E-state index is 12.2. The molecular formula is C15H21N5O2. The van der Waals surface area contributed by atoms with Crippen molar-refractivity contribution in [2.45, 2.75) is 33.1 Å². The van der Waals surface area contributed by atoms with Crippen LogP contribution in [-0.2, 0) is 4.79 Å². The number of carbonyl (C=O) groups is 1. The molecule has 7 nitrogen and oxygen atoms in total. The van der Waals surface area contributed by atoms with Crippen molar-refractivity contribution in [2.24, 2.45) is 5.92 Å². The first kappa shape index (κ1) is 14.7. The first-order valence-electron chi connectivity index (χ1n) is 7.80. The summed E-state index contributed by atoms with van der Waals surface area (Å²) in [6.07, 6.45) is 4.33. The van der Waals surface area contributed by atoms with Gasteiger partial charge in [-0.15, -0.1) is 0 Å². The number of aryl methyl sites for hydroxylation is 1. The molecule has 1 atom stereocenters. The molecule has 1 aliphatic heterocycles. The molecule has 1 amide bonds. The molecule has 0 bridgehead atoms. The van der Waals surface area contributed by atoms with Gasteiger partial charge in [-0.25, -0.2) is 4.98 Å². The molecule has 3 rings (SSSR count). The number of amides is 1. The number of rotatable bonds is 4. The topological polar surface area (TPSA) is 84.2 Å². The van der Waals surface area contributed by atoms with E-state index >= 15 is 0 Å². The van der Waals surface area contributed by atoms with Gasteiger partial charge in [-0.2, -0.15) is 4.98 Å². The van der Waals surface area contributed by atoms with Gasteiger partial charge in [-0.1, -0.05) is 12.1 Å². The fourth-order valence-electron chi connectivity index (χ4n) is 2.92. The molecule has 22 heavy (non-hydrogen) atoms. The van der Waals surface area contributed by atoms with Crippen molar-refractivity contribution in [1.82, 2.24) is 20.4 Å². The third kappa shape index (κ3) is 2.75. The standard InChI is InChI=1S/C15H21N5O2/c1-3-6-16-14(21)11-5-4-7-20(8-11)13-12-10(2)19-22-15(12)18-9-17-13/h9,11H,3-8H2,1-2H3,(H,16,21). The Hall–Kier alpha value is -2.18. The van der Waals surface area contributed by atoms with Gasteiger partial charge in [0, 0.05) is 19.6 Å². The van der Waals surface area contributed by atoms with Crippen molar-refractivity contribution in [3.63, 3.8) is 0 Å². The minimum atomic E-state index is 0.00508. The van der Waals surface area contributed by atoms with Gasteiger partial charge in [0.25, 0.3) is 5.71 Å². The average Bonchev–Trinajstić information content (AvgIpc) is 2.94. The Labute approximate surface area is 129 Å². The molecule has 0 spiro atoms. The molecule has 3 heterocycles. The Balaban J connectivity index is 1.82. The monoisotopic (exact) mass is 303 g/mol. The lowest BCUT2D eigenvalue weighted by atomic mass is 9.97. The summed E-state index contributed by atoms with van der Waals surface area (Å²) in [5.41, 5.74) is 1.28. The van der Waals surface area contributed by atoms with E-state index in [-0.39, 0.29) is 11.8 Å². The highest BCUT2D eigenvalue weighted by atomic mass is 16.5. The van der Waals surface area contributed by atoms with E-state index in [0.29, 0.717) is 12.3 Å². The molecule has 2 aromatic rings. The number of nitrogens with zero attached hydrogens (tertiary/aromatic N) is 4. The number of hydrogen-bond donors (Lipinski definition) is 1. The summed E-state index contributed by atoms with van der Waals surface area (Å²) in [6.45, 7) is 6.23. The summed E-state index contributed by atoms with van der Waals surface area (Å²) in [5.74, 6) is 0.959. The average molecular weight is 303 g/mol. The molecule has 1 unspecified atom stereocenters. The highest BCUT2D eigenvalue weighted by Gasteiger charge is 2.28. The molecule has 7 heteroatoms. The normalized spacial score (nSPS) is 18.6. The maximum absolute atomic E-state index is 12.2. The summed E-state index contributed by atoms with van der Waals surface area (Å²) >= 11 is 0. The Bertz CT molecular complexity index is 669. The molecule has 1 aliphatic rings. The van der Waals surface area contributed by atoms with Crippen molar-refractivity contribution in [1.29, 1.82) is 0 Å². The molecule has 0 radical (unpaired) electrons. The predicted molar refractivity (Wildman–Crippen MR) is 82.6 cm³/mol. The van der Waals surface area contributed by atoms with Crippen molar-refractivity contribution >= 4 is 22.8 Å². The number of anilines is 1. The highest BCUT2D eigenvalue weighted by molar-refractivity contribution is 5.88. The lowest BCUT2D eigenvalue weighted by Gasteiger charge is -2.33. The van der Waals surface area contributed by atoms with Gasteiger partial charge >= 0.3 is 0 Å². The van der Waals surface area contributed by atoms with Crippen molar-refractivity contribution < 1.29 is 9.32 Å². The molecule has 0 aliphatic carbocycles. The van der Waals surface area contributed by atoms with Gasteiger partial charge in [0.15, 0.2) is 0 Å². The van der Waals surface area contributed by atoms with Crippen LogP contribution in [-0.4, -0.2) is 40.7 Å². The van der Waals surface area contributed by atoms with E-state index in [9.17, 15) is 4.79 Å². The van der Waals surface area contributed by atoms with Crippen LogP contribution in [0.25, 0.3) is 11.1 Å². The first-order chi connectivity index (χ1) is 10.7. The number of nitrogens with one attached hydrogen (secondary N) is 1. The summed E-state index contributed by atoms with van der Waals surface area (Å²) in [4.78, 5) is 22.9. The van der Waals surface area contributed by atoms with Crippen LogP contribution in [0.5, 0.6) is 0 Å². The predicted octanol–water partition coefficient (Wildman–Crippen LogP) is 1.67. The van der Waals surface area contributed by atoms with Crippen LogP contribution in [0.3, 0.4) is 0 Å². The summed E-state index contributed by atoms with van der Waals surface area (Å²) in [6, 6.07) is 0. The van der Waals surface area contributed by atoms with Gasteiger partial charge in [-0.3, -0.25) is 4.79 Å². The summed E-state index contributed by atoms with van der Waals surface area (Å²) in [5, 5.41) is 7.80. The van der Waals surface area contributed by atoms with E-state index in [0.717, 1.165) is 49.2 Å². The summed E-state index contributed by atoms with van der Waals surface area (Å²) in [7, 11) is 0. The maximum Gasteiger partial charge on any atom is 0.263 e. The zero-order chi connectivity index (χ0) is 15.5. The Morgan fingerprint density at radius 1 is 1.50 bits per heavy atom. The van der Waals surface area contributed by atoms with E-state index in [1.54, 1.807) is 0 Å². The molecule has 1 fully saturated rings. The second-order valence-corrected chi connectivity index (χ2v) is 5.72. The number of aromatic nitrogens is 3. The van der Waals surface area contributed by atoms with E-state index in [1.165, 1.54) is 6.33 Å². The van der Waals surface area contributed by atoms with E-state index < -0.39 is 0 Å². The zero-order valence-corrected chi connectivity index (χ0v) is 13.0. The second-order valence-electron chi connectivity index (χ2n) is 5.72. The molecule has 1 N–H and O–H groups in total. The van der Waals surface area contributed by atoms with E-state index in [4.69, 9.17) is 4.52 Å². The minimum Gasteiger partial charge on any atom is -0.356 e. The largest absolute Gasteiger partial charge is 0.356 e. The van der Waals surface area contributed by atoms with E-state index in [1.807, 2.05) is 6.92 Å². The minimum absolute atomic E-state index is 0.00508. The highest BCUT2D eigenvalue weighted by Crippen LogP contribution is 2.29. The SMILES string of the molecule is CCCNC(=O)C1CCCN(c2ncnc3onc(C)c23)C1. The van der Waals surface area contributed by atoms with E-state index in [2.05, 4.69) is 32.3 Å². The van der Waals surface area contributed by atoms with Crippen LogP contribution < -0.4 is 10.2 Å². The Morgan fingerprint density at radius 2 is 2.36 bits per heavy atom. The van der Waals surface area contributed by atoms with Crippen LogP contribution in [0.1, 0.15) is 31.9 Å². The Kier molecular flexibility index (Phi) is 4.22.